The van der Waals surface area contributed by atoms with Gasteiger partial charge in [-0.25, -0.2) is 0 Å². The van der Waals surface area contributed by atoms with E-state index in [1.165, 1.54) is 11.2 Å². The van der Waals surface area contributed by atoms with Gasteiger partial charge in [0, 0.05) is 6.04 Å². The van der Waals surface area contributed by atoms with E-state index in [4.69, 9.17) is 13.9 Å². The second-order valence-electron chi connectivity index (χ2n) is 8.49. The van der Waals surface area contributed by atoms with Crippen molar-refractivity contribution in [3.63, 3.8) is 0 Å². The average Bonchev–Trinajstić information content (AvgIpc) is 3.57. The minimum absolute atomic E-state index is 0.0909. The Morgan fingerprint density at radius 1 is 1.03 bits per heavy atom. The Hall–Kier alpha value is -3.74. The zero-order chi connectivity index (χ0) is 24.1. The number of carbonyl (C=O) groups excluding carboxylic acids is 2. The van der Waals surface area contributed by atoms with Crippen molar-refractivity contribution >= 4 is 17.5 Å². The van der Waals surface area contributed by atoms with Crippen LogP contribution in [0.25, 0.3) is 0 Å². The highest BCUT2D eigenvalue weighted by Crippen LogP contribution is 2.37. The molecule has 1 N–H and O–H groups in total. The number of amides is 2. The summed E-state index contributed by atoms with van der Waals surface area (Å²) in [7, 11) is 3.13. The van der Waals surface area contributed by atoms with E-state index in [0.29, 0.717) is 22.7 Å². The Balaban J connectivity index is 1.86. The van der Waals surface area contributed by atoms with E-state index in [0.717, 1.165) is 31.2 Å². The molecular weight excluding hydrogens is 432 g/mol. The molecule has 1 atom stereocenters. The van der Waals surface area contributed by atoms with Crippen LogP contribution in [0.3, 0.4) is 0 Å². The maximum atomic E-state index is 13.8. The van der Waals surface area contributed by atoms with E-state index >= 15 is 0 Å². The SMILES string of the molecule is COc1ccc([C@H](C(=O)NC2CCCC2)N(C(=O)c2ccco2)c2cc(C)ccc2OC)cc1. The van der Waals surface area contributed by atoms with E-state index < -0.39 is 11.9 Å². The summed E-state index contributed by atoms with van der Waals surface area (Å²) in [4.78, 5) is 29.1. The van der Waals surface area contributed by atoms with Gasteiger partial charge >= 0.3 is 0 Å². The highest BCUT2D eigenvalue weighted by molar-refractivity contribution is 6.09. The second-order valence-corrected chi connectivity index (χ2v) is 8.49. The molecule has 1 aliphatic rings. The summed E-state index contributed by atoms with van der Waals surface area (Å²) in [6.45, 7) is 1.93. The van der Waals surface area contributed by atoms with Gasteiger partial charge in [-0.2, -0.15) is 0 Å². The molecule has 7 heteroatoms. The van der Waals surface area contributed by atoms with Crippen LogP contribution in [0.15, 0.2) is 65.3 Å². The summed E-state index contributed by atoms with van der Waals surface area (Å²) in [6.07, 6.45) is 5.47. The van der Waals surface area contributed by atoms with Gasteiger partial charge in [0.25, 0.3) is 5.91 Å². The number of nitrogens with one attached hydrogen (secondary N) is 1. The first-order chi connectivity index (χ1) is 16.5. The number of anilines is 1. The number of furan rings is 1. The first-order valence-corrected chi connectivity index (χ1v) is 11.5. The highest BCUT2D eigenvalue weighted by Gasteiger charge is 2.37. The topological polar surface area (TPSA) is 81.0 Å². The molecule has 178 valence electrons. The van der Waals surface area contributed by atoms with E-state index in [-0.39, 0.29) is 17.7 Å². The lowest BCUT2D eigenvalue weighted by Crippen LogP contribution is -2.46. The summed E-state index contributed by atoms with van der Waals surface area (Å²) in [6, 6.07) is 15.1. The molecule has 0 unspecified atom stereocenters. The molecule has 7 nitrogen and oxygen atoms in total. The summed E-state index contributed by atoms with van der Waals surface area (Å²) in [5.74, 6) is 0.598. The number of ether oxygens (including phenoxy) is 2. The molecule has 1 heterocycles. The Morgan fingerprint density at radius 2 is 1.76 bits per heavy atom. The van der Waals surface area contributed by atoms with Crippen LogP contribution in [0.2, 0.25) is 0 Å². The fourth-order valence-electron chi connectivity index (χ4n) is 4.43. The monoisotopic (exact) mass is 462 g/mol. The average molecular weight is 463 g/mol. The zero-order valence-electron chi connectivity index (χ0n) is 19.7. The third-order valence-corrected chi connectivity index (χ3v) is 6.18. The number of nitrogens with zero attached hydrogens (tertiary/aromatic N) is 1. The molecular formula is C27H30N2O5. The van der Waals surface area contributed by atoms with Gasteiger partial charge in [-0.3, -0.25) is 14.5 Å². The van der Waals surface area contributed by atoms with E-state index in [1.807, 2.05) is 31.2 Å². The minimum atomic E-state index is -0.945. The number of methoxy groups -OCH3 is 2. The summed E-state index contributed by atoms with van der Waals surface area (Å²) in [5.41, 5.74) is 2.07. The van der Waals surface area contributed by atoms with Gasteiger partial charge in [0.05, 0.1) is 26.2 Å². The molecule has 2 aromatic carbocycles. The molecule has 0 spiro atoms. The summed E-state index contributed by atoms with van der Waals surface area (Å²) >= 11 is 0. The maximum absolute atomic E-state index is 13.8. The van der Waals surface area contributed by atoms with Gasteiger partial charge in [0.1, 0.15) is 17.5 Å². The van der Waals surface area contributed by atoms with Crippen molar-refractivity contribution in [3.05, 3.63) is 77.7 Å². The van der Waals surface area contributed by atoms with Gasteiger partial charge in [-0.05, 0) is 67.3 Å². The molecule has 3 aromatic rings. The molecule has 4 rings (SSSR count). The van der Waals surface area contributed by atoms with Crippen LogP contribution in [0.1, 0.15) is 53.4 Å². The van der Waals surface area contributed by atoms with Crippen LogP contribution in [0, 0.1) is 6.92 Å². The normalized spacial score (nSPS) is 14.4. The maximum Gasteiger partial charge on any atom is 0.295 e. The molecule has 1 aromatic heterocycles. The number of hydrogen-bond donors (Lipinski definition) is 1. The first kappa shape index (κ1) is 23.4. The van der Waals surface area contributed by atoms with Gasteiger partial charge < -0.3 is 19.2 Å². The fourth-order valence-corrected chi connectivity index (χ4v) is 4.43. The van der Waals surface area contributed by atoms with Crippen LogP contribution in [0.5, 0.6) is 11.5 Å². The third kappa shape index (κ3) is 4.93. The fraction of sp³-hybridized carbons (Fsp3) is 0.333. The van der Waals surface area contributed by atoms with Crippen LogP contribution in [-0.4, -0.2) is 32.1 Å². The quantitative estimate of drug-likeness (QED) is 0.507. The Bertz CT molecular complexity index is 1120. The number of carbonyl (C=O) groups is 2. The minimum Gasteiger partial charge on any atom is -0.497 e. The van der Waals surface area contributed by atoms with Crippen LogP contribution in [0.4, 0.5) is 5.69 Å². The van der Waals surface area contributed by atoms with Crippen LogP contribution in [-0.2, 0) is 4.79 Å². The predicted molar refractivity (Wildman–Crippen MR) is 129 cm³/mol. The molecule has 0 bridgehead atoms. The Morgan fingerprint density at radius 3 is 2.38 bits per heavy atom. The highest BCUT2D eigenvalue weighted by atomic mass is 16.5. The van der Waals surface area contributed by atoms with Crippen LogP contribution < -0.4 is 19.7 Å². The molecule has 0 aliphatic heterocycles. The van der Waals surface area contributed by atoms with Gasteiger partial charge in [-0.15, -0.1) is 0 Å². The lowest BCUT2D eigenvalue weighted by atomic mass is 10.0. The molecule has 2 amide bonds. The number of rotatable bonds is 8. The Kier molecular flexibility index (Phi) is 7.21. The van der Waals surface area contributed by atoms with Gasteiger partial charge in [0.15, 0.2) is 5.76 Å². The smallest absolute Gasteiger partial charge is 0.295 e. The third-order valence-electron chi connectivity index (χ3n) is 6.18. The van der Waals surface area contributed by atoms with E-state index in [1.54, 1.807) is 44.6 Å². The first-order valence-electron chi connectivity index (χ1n) is 11.5. The molecule has 0 radical (unpaired) electrons. The van der Waals surface area contributed by atoms with Crippen molar-refractivity contribution in [2.45, 2.75) is 44.7 Å². The lowest BCUT2D eigenvalue weighted by molar-refractivity contribution is -0.123. The second kappa shape index (κ2) is 10.5. The van der Waals surface area contributed by atoms with Crippen molar-refractivity contribution < 1.29 is 23.5 Å². The van der Waals surface area contributed by atoms with Crippen molar-refractivity contribution in [1.82, 2.24) is 5.32 Å². The summed E-state index contributed by atoms with van der Waals surface area (Å²) in [5, 5.41) is 3.17. The van der Waals surface area contributed by atoms with E-state index in [9.17, 15) is 9.59 Å². The van der Waals surface area contributed by atoms with Crippen LogP contribution >= 0.6 is 0 Å². The lowest BCUT2D eigenvalue weighted by Gasteiger charge is -2.33. The van der Waals surface area contributed by atoms with Crippen molar-refractivity contribution in [3.8, 4) is 11.5 Å². The van der Waals surface area contributed by atoms with Gasteiger partial charge in [0.2, 0.25) is 5.91 Å². The van der Waals surface area contributed by atoms with Gasteiger partial charge in [-0.1, -0.05) is 31.0 Å². The molecule has 0 saturated heterocycles. The molecule has 1 saturated carbocycles. The predicted octanol–water partition coefficient (Wildman–Crippen LogP) is 5.05. The largest absolute Gasteiger partial charge is 0.497 e. The zero-order valence-corrected chi connectivity index (χ0v) is 19.7. The molecule has 1 aliphatic carbocycles. The molecule has 1 fully saturated rings. The Labute approximate surface area is 199 Å². The number of benzene rings is 2. The van der Waals surface area contributed by atoms with E-state index in [2.05, 4.69) is 5.32 Å². The van der Waals surface area contributed by atoms with Crippen molar-refractivity contribution in [1.29, 1.82) is 0 Å². The standard InChI is InChI=1S/C27H30N2O5/c1-18-10-15-23(33-3)22(17-18)29(27(31)24-9-6-16-34-24)25(19-11-13-21(32-2)14-12-19)26(30)28-20-7-4-5-8-20/h6,9-17,20,25H,4-5,7-8H2,1-3H3,(H,28,30)/t25-/m1/s1. The summed E-state index contributed by atoms with van der Waals surface area (Å²) < 4.78 is 16.4. The number of hydrogen-bond acceptors (Lipinski definition) is 5. The number of aryl methyl sites for hydroxylation is 1. The molecule has 34 heavy (non-hydrogen) atoms. The van der Waals surface area contributed by atoms with Crippen molar-refractivity contribution in [2.24, 2.45) is 0 Å². The van der Waals surface area contributed by atoms with Crippen molar-refractivity contribution in [2.75, 3.05) is 19.1 Å².